The van der Waals surface area contributed by atoms with E-state index in [9.17, 15) is 20.1 Å². The summed E-state index contributed by atoms with van der Waals surface area (Å²) in [6.45, 7) is 5.25. The summed E-state index contributed by atoms with van der Waals surface area (Å²) in [5, 5.41) is 30.1. The molecular formula is C27H32N2O5. The molecule has 2 heterocycles. The molecule has 1 aromatic heterocycles. The van der Waals surface area contributed by atoms with Crippen molar-refractivity contribution in [3.05, 3.63) is 52.2 Å². The van der Waals surface area contributed by atoms with Crippen molar-refractivity contribution in [1.82, 2.24) is 9.80 Å². The van der Waals surface area contributed by atoms with Gasteiger partial charge in [0.2, 0.25) is 5.43 Å². The number of phenolic OH excluding ortho intramolecular Hbond substituents is 3. The van der Waals surface area contributed by atoms with Crippen LogP contribution in [0.2, 0.25) is 0 Å². The van der Waals surface area contributed by atoms with Crippen LogP contribution in [0.5, 0.6) is 17.2 Å². The molecule has 0 spiro atoms. The van der Waals surface area contributed by atoms with Crippen LogP contribution in [0.4, 0.5) is 0 Å². The lowest BCUT2D eigenvalue weighted by Gasteiger charge is -2.37. The van der Waals surface area contributed by atoms with Gasteiger partial charge < -0.3 is 24.6 Å². The highest BCUT2D eigenvalue weighted by Crippen LogP contribution is 2.33. The summed E-state index contributed by atoms with van der Waals surface area (Å²) in [6, 6.07) is 9.00. The van der Waals surface area contributed by atoms with Crippen LogP contribution in [-0.4, -0.2) is 57.8 Å². The molecule has 7 heteroatoms. The standard InChI is InChI=1S/C27H32N2O5/c30-20-8-6-19(7-9-20)27-22(26(33)25-23(32)14-21(31)15-24(25)34-27)17-29-12-10-28(11-13-29)16-18-4-2-1-3-5-18/h6-9,14-15,18,30-32H,1-5,10-13,16-17H2. The maximum absolute atomic E-state index is 13.5. The molecule has 1 aliphatic heterocycles. The van der Waals surface area contributed by atoms with Gasteiger partial charge in [0, 0.05) is 57.0 Å². The zero-order valence-electron chi connectivity index (χ0n) is 19.4. The third-order valence-electron chi connectivity index (χ3n) is 7.27. The Morgan fingerprint density at radius 2 is 1.53 bits per heavy atom. The van der Waals surface area contributed by atoms with E-state index in [-0.39, 0.29) is 33.6 Å². The summed E-state index contributed by atoms with van der Waals surface area (Å²) < 4.78 is 6.09. The average Bonchev–Trinajstić information content (AvgIpc) is 2.82. The minimum atomic E-state index is -0.300. The number of hydrogen-bond donors (Lipinski definition) is 3. The summed E-state index contributed by atoms with van der Waals surface area (Å²) in [6.07, 6.45) is 6.76. The van der Waals surface area contributed by atoms with E-state index >= 15 is 0 Å². The highest BCUT2D eigenvalue weighted by Gasteiger charge is 2.25. The quantitative estimate of drug-likeness (QED) is 0.519. The van der Waals surface area contributed by atoms with E-state index in [1.165, 1.54) is 44.7 Å². The first kappa shape index (κ1) is 22.7. The minimum absolute atomic E-state index is 0.0752. The number of benzene rings is 2. The van der Waals surface area contributed by atoms with Crippen molar-refractivity contribution in [2.45, 2.75) is 38.6 Å². The van der Waals surface area contributed by atoms with E-state index < -0.39 is 0 Å². The number of aromatic hydroxyl groups is 3. The maximum atomic E-state index is 13.5. The minimum Gasteiger partial charge on any atom is -0.508 e. The van der Waals surface area contributed by atoms with Crippen molar-refractivity contribution in [3.8, 4) is 28.6 Å². The molecule has 2 aromatic carbocycles. The Kier molecular flexibility index (Phi) is 6.48. The second-order valence-electron chi connectivity index (χ2n) is 9.70. The summed E-state index contributed by atoms with van der Waals surface area (Å²) in [5.41, 5.74) is 0.962. The Hall–Kier alpha value is -3.03. The number of rotatable bonds is 5. The number of piperazine rings is 1. The molecule has 1 saturated carbocycles. The largest absolute Gasteiger partial charge is 0.508 e. The van der Waals surface area contributed by atoms with Crippen molar-refractivity contribution >= 4 is 11.0 Å². The van der Waals surface area contributed by atoms with Crippen LogP contribution in [0.15, 0.2) is 45.6 Å². The van der Waals surface area contributed by atoms with Crippen LogP contribution in [0.3, 0.4) is 0 Å². The molecule has 180 valence electrons. The average molecular weight is 465 g/mol. The second kappa shape index (κ2) is 9.68. The van der Waals surface area contributed by atoms with Gasteiger partial charge in [0.15, 0.2) is 0 Å². The Bertz CT molecular complexity index is 1210. The van der Waals surface area contributed by atoms with Crippen molar-refractivity contribution < 1.29 is 19.7 Å². The molecular weight excluding hydrogens is 432 g/mol. The molecule has 3 aromatic rings. The highest BCUT2D eigenvalue weighted by atomic mass is 16.3. The molecule has 2 aliphatic rings. The van der Waals surface area contributed by atoms with Gasteiger partial charge in [-0.1, -0.05) is 19.3 Å². The first-order valence-corrected chi connectivity index (χ1v) is 12.2. The fourth-order valence-corrected chi connectivity index (χ4v) is 5.40. The van der Waals surface area contributed by atoms with Gasteiger partial charge in [-0.2, -0.15) is 0 Å². The molecule has 7 nitrogen and oxygen atoms in total. The summed E-state index contributed by atoms with van der Waals surface area (Å²) in [5.74, 6) is 0.865. The molecule has 34 heavy (non-hydrogen) atoms. The lowest BCUT2D eigenvalue weighted by Crippen LogP contribution is -2.47. The predicted molar refractivity (Wildman–Crippen MR) is 131 cm³/mol. The summed E-state index contributed by atoms with van der Waals surface area (Å²) >= 11 is 0. The Labute approximate surface area is 198 Å². The van der Waals surface area contributed by atoms with Crippen LogP contribution in [0, 0.1) is 5.92 Å². The zero-order chi connectivity index (χ0) is 23.7. The molecule has 2 fully saturated rings. The van der Waals surface area contributed by atoms with E-state index in [0.717, 1.165) is 38.2 Å². The van der Waals surface area contributed by atoms with E-state index in [1.54, 1.807) is 24.3 Å². The molecule has 0 amide bonds. The summed E-state index contributed by atoms with van der Waals surface area (Å²) in [7, 11) is 0. The van der Waals surface area contributed by atoms with Gasteiger partial charge in [-0.3, -0.25) is 9.69 Å². The number of hydrogen-bond acceptors (Lipinski definition) is 7. The molecule has 0 radical (unpaired) electrons. The van der Waals surface area contributed by atoms with Gasteiger partial charge in [-0.25, -0.2) is 0 Å². The Morgan fingerprint density at radius 1 is 0.853 bits per heavy atom. The van der Waals surface area contributed by atoms with Gasteiger partial charge in [0.25, 0.3) is 0 Å². The predicted octanol–water partition coefficient (Wildman–Crippen LogP) is 4.27. The third kappa shape index (κ3) is 4.76. The molecule has 5 rings (SSSR count). The normalized spacial score (nSPS) is 18.5. The molecule has 0 bridgehead atoms. The molecule has 1 aliphatic carbocycles. The van der Waals surface area contributed by atoms with Crippen LogP contribution in [-0.2, 0) is 6.54 Å². The van der Waals surface area contributed by atoms with Crippen molar-refractivity contribution in [1.29, 1.82) is 0 Å². The third-order valence-corrected chi connectivity index (χ3v) is 7.27. The van der Waals surface area contributed by atoms with Gasteiger partial charge in [0.05, 0.1) is 5.56 Å². The SMILES string of the molecule is O=c1c(CN2CCN(CC3CCCCC3)CC2)c(-c2ccc(O)cc2)oc2cc(O)cc(O)c12. The fourth-order valence-electron chi connectivity index (χ4n) is 5.40. The Morgan fingerprint density at radius 3 is 2.24 bits per heavy atom. The van der Waals surface area contributed by atoms with Crippen LogP contribution < -0.4 is 5.43 Å². The van der Waals surface area contributed by atoms with Crippen LogP contribution in [0.1, 0.15) is 37.7 Å². The van der Waals surface area contributed by atoms with E-state index in [2.05, 4.69) is 9.80 Å². The fraction of sp³-hybridized carbons (Fsp3) is 0.444. The lowest BCUT2D eigenvalue weighted by atomic mass is 9.89. The monoisotopic (exact) mass is 464 g/mol. The number of phenols is 3. The molecule has 3 N–H and O–H groups in total. The van der Waals surface area contributed by atoms with Crippen molar-refractivity contribution in [2.75, 3.05) is 32.7 Å². The van der Waals surface area contributed by atoms with Gasteiger partial charge >= 0.3 is 0 Å². The zero-order valence-corrected chi connectivity index (χ0v) is 19.4. The van der Waals surface area contributed by atoms with Crippen LogP contribution in [0.25, 0.3) is 22.3 Å². The van der Waals surface area contributed by atoms with Gasteiger partial charge in [-0.05, 0) is 43.0 Å². The van der Waals surface area contributed by atoms with Crippen molar-refractivity contribution in [2.24, 2.45) is 5.92 Å². The topological polar surface area (TPSA) is 97.4 Å². The highest BCUT2D eigenvalue weighted by molar-refractivity contribution is 5.87. The molecule has 0 atom stereocenters. The molecule has 1 saturated heterocycles. The van der Waals surface area contributed by atoms with E-state index in [0.29, 0.717) is 23.4 Å². The van der Waals surface area contributed by atoms with E-state index in [4.69, 9.17) is 4.42 Å². The lowest BCUT2D eigenvalue weighted by molar-refractivity contribution is 0.105. The van der Waals surface area contributed by atoms with Gasteiger partial charge in [-0.15, -0.1) is 0 Å². The Balaban J connectivity index is 1.42. The first-order chi connectivity index (χ1) is 16.5. The van der Waals surface area contributed by atoms with Crippen LogP contribution >= 0.6 is 0 Å². The van der Waals surface area contributed by atoms with E-state index in [1.807, 2.05) is 0 Å². The summed E-state index contributed by atoms with van der Waals surface area (Å²) in [4.78, 5) is 18.3. The first-order valence-electron chi connectivity index (χ1n) is 12.2. The number of fused-ring (bicyclic) bond motifs is 1. The molecule has 0 unspecified atom stereocenters. The van der Waals surface area contributed by atoms with Crippen molar-refractivity contribution in [3.63, 3.8) is 0 Å². The smallest absolute Gasteiger partial charge is 0.201 e. The maximum Gasteiger partial charge on any atom is 0.201 e. The second-order valence-corrected chi connectivity index (χ2v) is 9.70. The van der Waals surface area contributed by atoms with Gasteiger partial charge in [0.1, 0.15) is 34.0 Å². The number of nitrogens with zero attached hydrogens (tertiary/aromatic N) is 2.